The topological polar surface area (TPSA) is 84.6 Å². The molecule has 1 aromatic carbocycles. The average Bonchev–Trinajstić information content (AvgIpc) is 3.15. The Hall–Kier alpha value is -2.24. The lowest BCUT2D eigenvalue weighted by Crippen LogP contribution is -2.24. The van der Waals surface area contributed by atoms with Gasteiger partial charge in [-0.3, -0.25) is 14.9 Å². The number of carbonyl (C=O) groups excluding carboxylic acids is 1. The minimum absolute atomic E-state index is 0.0294. The van der Waals surface area contributed by atoms with Crippen molar-refractivity contribution in [1.29, 1.82) is 0 Å². The summed E-state index contributed by atoms with van der Waals surface area (Å²) in [6, 6.07) is 5.52. The van der Waals surface area contributed by atoms with Crippen molar-refractivity contribution >= 4 is 17.3 Å². The van der Waals surface area contributed by atoms with Gasteiger partial charge < -0.3 is 0 Å². The van der Waals surface area contributed by atoms with E-state index in [-0.39, 0.29) is 11.6 Å². The number of nitrogens with one attached hydrogen (secondary N) is 1. The van der Waals surface area contributed by atoms with Crippen LogP contribution in [0, 0.1) is 27.9 Å². The van der Waals surface area contributed by atoms with Crippen LogP contribution in [0.3, 0.4) is 0 Å². The number of nitrogens with zero attached hydrogens (tertiary/aromatic N) is 2. The van der Waals surface area contributed by atoms with E-state index in [0.717, 1.165) is 17.5 Å². The SMILES string of the molecule is C/C(=N/NC(=O)c1ccc([N+](=O)[O-])cc1)[C@@H]1C[C@@H]2CC[C@@H]1C2. The summed E-state index contributed by atoms with van der Waals surface area (Å²) >= 11 is 0. The maximum Gasteiger partial charge on any atom is 0.271 e. The van der Waals surface area contributed by atoms with E-state index >= 15 is 0 Å². The number of nitro benzene ring substituents is 1. The van der Waals surface area contributed by atoms with Gasteiger partial charge in [0.05, 0.1) is 4.92 Å². The van der Waals surface area contributed by atoms with Crippen LogP contribution in [0.1, 0.15) is 43.0 Å². The Bertz CT molecular complexity index is 624. The van der Waals surface area contributed by atoms with Crippen molar-refractivity contribution in [2.45, 2.75) is 32.6 Å². The monoisotopic (exact) mass is 301 g/mol. The summed E-state index contributed by atoms with van der Waals surface area (Å²) in [5, 5.41) is 14.8. The second-order valence-corrected chi connectivity index (χ2v) is 6.28. The smallest absolute Gasteiger partial charge is 0.267 e. The molecule has 1 N–H and O–H groups in total. The summed E-state index contributed by atoms with van der Waals surface area (Å²) in [6.45, 7) is 1.97. The summed E-state index contributed by atoms with van der Waals surface area (Å²) in [6.07, 6.45) is 5.10. The van der Waals surface area contributed by atoms with Crippen LogP contribution < -0.4 is 5.43 Å². The Balaban J connectivity index is 1.61. The van der Waals surface area contributed by atoms with Gasteiger partial charge >= 0.3 is 0 Å². The highest BCUT2D eigenvalue weighted by molar-refractivity contribution is 5.95. The molecule has 3 atom stereocenters. The van der Waals surface area contributed by atoms with E-state index in [9.17, 15) is 14.9 Å². The molecular formula is C16H19N3O3. The third kappa shape index (κ3) is 2.86. The lowest BCUT2D eigenvalue weighted by atomic mass is 9.86. The molecule has 2 aliphatic rings. The van der Waals surface area contributed by atoms with Crippen molar-refractivity contribution < 1.29 is 9.72 Å². The van der Waals surface area contributed by atoms with Gasteiger partial charge in [0.1, 0.15) is 0 Å². The number of hydrogen-bond acceptors (Lipinski definition) is 4. The number of rotatable bonds is 4. The standard InChI is InChI=1S/C16H19N3O3/c1-10(15-9-11-2-3-13(15)8-11)17-18-16(20)12-4-6-14(7-5-12)19(21)22/h4-7,11,13,15H,2-3,8-9H2,1H3,(H,18,20)/b17-10-/t11-,13-,15+/m1/s1. The molecule has 1 aromatic rings. The molecule has 0 saturated heterocycles. The van der Waals surface area contributed by atoms with Gasteiger partial charge in [0.25, 0.3) is 11.6 Å². The molecule has 6 heteroatoms. The zero-order valence-corrected chi connectivity index (χ0v) is 12.5. The van der Waals surface area contributed by atoms with Gasteiger partial charge in [0.2, 0.25) is 0 Å². The Morgan fingerprint density at radius 1 is 1.27 bits per heavy atom. The van der Waals surface area contributed by atoms with Crippen LogP contribution in [0.4, 0.5) is 5.69 Å². The predicted octanol–water partition coefficient (Wildman–Crippen LogP) is 3.14. The molecule has 2 bridgehead atoms. The number of benzene rings is 1. The van der Waals surface area contributed by atoms with Gasteiger partial charge in [-0.25, -0.2) is 5.43 Å². The molecule has 0 aliphatic heterocycles. The zero-order chi connectivity index (χ0) is 15.7. The third-order valence-electron chi connectivity index (χ3n) is 4.95. The summed E-state index contributed by atoms with van der Waals surface area (Å²) < 4.78 is 0. The predicted molar refractivity (Wildman–Crippen MR) is 82.6 cm³/mol. The zero-order valence-electron chi connectivity index (χ0n) is 12.5. The fraction of sp³-hybridized carbons (Fsp3) is 0.500. The van der Waals surface area contributed by atoms with Crippen LogP contribution in [0.5, 0.6) is 0 Å². The number of non-ortho nitro benzene ring substituents is 1. The average molecular weight is 301 g/mol. The largest absolute Gasteiger partial charge is 0.271 e. The van der Waals surface area contributed by atoms with E-state index in [1.165, 1.54) is 49.9 Å². The van der Waals surface area contributed by atoms with E-state index < -0.39 is 4.92 Å². The van der Waals surface area contributed by atoms with E-state index in [4.69, 9.17) is 0 Å². The molecule has 116 valence electrons. The third-order valence-corrected chi connectivity index (χ3v) is 4.95. The van der Waals surface area contributed by atoms with Crippen LogP contribution >= 0.6 is 0 Å². The molecule has 3 rings (SSSR count). The number of carbonyl (C=O) groups is 1. The molecule has 1 amide bonds. The second kappa shape index (κ2) is 5.87. The summed E-state index contributed by atoms with van der Waals surface area (Å²) in [4.78, 5) is 22.1. The van der Waals surface area contributed by atoms with Gasteiger partial charge in [-0.2, -0.15) is 5.10 Å². The highest BCUT2D eigenvalue weighted by atomic mass is 16.6. The van der Waals surface area contributed by atoms with Gasteiger partial charge in [-0.15, -0.1) is 0 Å². The quantitative estimate of drug-likeness (QED) is 0.526. The van der Waals surface area contributed by atoms with Crippen molar-refractivity contribution in [2.75, 3.05) is 0 Å². The number of hydrogen-bond donors (Lipinski definition) is 1. The minimum Gasteiger partial charge on any atom is -0.267 e. The molecular weight excluding hydrogens is 282 g/mol. The lowest BCUT2D eigenvalue weighted by Gasteiger charge is -2.21. The van der Waals surface area contributed by atoms with E-state index in [1.807, 2.05) is 6.92 Å². The highest BCUT2D eigenvalue weighted by Gasteiger charge is 2.40. The summed E-state index contributed by atoms with van der Waals surface area (Å²) in [5.74, 6) is 1.73. The molecule has 2 saturated carbocycles. The lowest BCUT2D eigenvalue weighted by molar-refractivity contribution is -0.384. The first-order valence-electron chi connectivity index (χ1n) is 7.63. The van der Waals surface area contributed by atoms with Crippen LogP contribution in [-0.2, 0) is 0 Å². The Morgan fingerprint density at radius 3 is 2.55 bits per heavy atom. The molecule has 2 aliphatic carbocycles. The fourth-order valence-electron chi connectivity index (χ4n) is 3.78. The maximum atomic E-state index is 12.0. The first kappa shape index (κ1) is 14.7. The van der Waals surface area contributed by atoms with Crippen LogP contribution in [0.25, 0.3) is 0 Å². The molecule has 0 radical (unpaired) electrons. The van der Waals surface area contributed by atoms with Crippen molar-refractivity contribution in [2.24, 2.45) is 22.9 Å². The van der Waals surface area contributed by atoms with Crippen molar-refractivity contribution in [3.05, 3.63) is 39.9 Å². The van der Waals surface area contributed by atoms with Crippen LogP contribution in [-0.4, -0.2) is 16.5 Å². The number of amides is 1. The number of fused-ring (bicyclic) bond motifs is 2. The van der Waals surface area contributed by atoms with Crippen molar-refractivity contribution in [1.82, 2.24) is 5.43 Å². The Kier molecular flexibility index (Phi) is 3.92. The fourth-order valence-corrected chi connectivity index (χ4v) is 3.78. The van der Waals surface area contributed by atoms with Crippen LogP contribution in [0.15, 0.2) is 29.4 Å². The van der Waals surface area contributed by atoms with Crippen LogP contribution in [0.2, 0.25) is 0 Å². The van der Waals surface area contributed by atoms with E-state index in [0.29, 0.717) is 11.5 Å². The van der Waals surface area contributed by atoms with Gasteiger partial charge in [0, 0.05) is 29.3 Å². The second-order valence-electron chi connectivity index (χ2n) is 6.28. The molecule has 0 heterocycles. The number of nitro groups is 1. The Labute approximate surface area is 128 Å². The highest BCUT2D eigenvalue weighted by Crippen LogP contribution is 2.48. The number of hydrazone groups is 1. The maximum absolute atomic E-state index is 12.0. The van der Waals surface area contributed by atoms with Crippen molar-refractivity contribution in [3.8, 4) is 0 Å². The first-order chi connectivity index (χ1) is 10.5. The molecule has 0 aromatic heterocycles. The first-order valence-corrected chi connectivity index (χ1v) is 7.63. The van der Waals surface area contributed by atoms with E-state index in [1.54, 1.807) is 0 Å². The van der Waals surface area contributed by atoms with Gasteiger partial charge in [-0.05, 0) is 50.2 Å². The molecule has 6 nitrogen and oxygen atoms in total. The minimum atomic E-state index is -0.487. The van der Waals surface area contributed by atoms with Gasteiger partial charge in [0.15, 0.2) is 0 Å². The van der Waals surface area contributed by atoms with E-state index in [2.05, 4.69) is 10.5 Å². The van der Waals surface area contributed by atoms with Gasteiger partial charge in [-0.1, -0.05) is 6.42 Å². The molecule has 2 fully saturated rings. The van der Waals surface area contributed by atoms with Crippen molar-refractivity contribution in [3.63, 3.8) is 0 Å². The molecule has 22 heavy (non-hydrogen) atoms. The molecule has 0 spiro atoms. The summed E-state index contributed by atoms with van der Waals surface area (Å²) in [5.41, 5.74) is 3.89. The molecule has 0 unspecified atom stereocenters. The summed E-state index contributed by atoms with van der Waals surface area (Å²) in [7, 11) is 0. The Morgan fingerprint density at radius 2 is 2.00 bits per heavy atom. The normalized spacial score (nSPS) is 27.0.